The van der Waals surface area contributed by atoms with Crippen LogP contribution in [0.3, 0.4) is 0 Å². The van der Waals surface area contributed by atoms with Gasteiger partial charge in [-0.15, -0.1) is 0 Å². The molecule has 1 heterocycles. The molecule has 1 aliphatic heterocycles. The summed E-state index contributed by atoms with van der Waals surface area (Å²) in [5.74, 6) is -2.52. The highest BCUT2D eigenvalue weighted by molar-refractivity contribution is 8.14. The van der Waals surface area contributed by atoms with Gasteiger partial charge in [-0.25, -0.2) is 13.8 Å². The van der Waals surface area contributed by atoms with Crippen molar-refractivity contribution in [3.8, 4) is 0 Å². The second-order valence-electron chi connectivity index (χ2n) is 7.57. The number of nitrogens with zero attached hydrogens (tertiary/aromatic N) is 1. The Morgan fingerprint density at radius 1 is 1.00 bits per heavy atom. The van der Waals surface area contributed by atoms with Crippen LogP contribution in [0.2, 0.25) is 0 Å². The summed E-state index contributed by atoms with van der Waals surface area (Å²) in [5.41, 5.74) is 2.35. The quantitative estimate of drug-likeness (QED) is 0.461. The van der Waals surface area contributed by atoms with E-state index in [1.807, 2.05) is 48.5 Å². The summed E-state index contributed by atoms with van der Waals surface area (Å²) in [7, 11) is 0. The normalized spacial score (nSPS) is 15.4. The Morgan fingerprint density at radius 3 is 2.35 bits per heavy atom. The SMILES string of the molecule is CC1=C(C(=O)Nc2ccccc2)C(c2ccccc2)N=C(SCC(=O)c2ccc(F)cc2F)N1. The van der Waals surface area contributed by atoms with Gasteiger partial charge in [0.25, 0.3) is 5.91 Å². The number of hydrogen-bond acceptors (Lipinski definition) is 5. The molecule has 3 aromatic rings. The predicted octanol–water partition coefficient (Wildman–Crippen LogP) is 5.49. The van der Waals surface area contributed by atoms with E-state index >= 15 is 0 Å². The van der Waals surface area contributed by atoms with E-state index in [9.17, 15) is 18.4 Å². The van der Waals surface area contributed by atoms with Crippen molar-refractivity contribution in [3.05, 3.63) is 113 Å². The average molecular weight is 478 g/mol. The number of allylic oxidation sites excluding steroid dienone is 1. The van der Waals surface area contributed by atoms with Crippen LogP contribution in [0.1, 0.15) is 28.9 Å². The smallest absolute Gasteiger partial charge is 0.255 e. The molecule has 0 radical (unpaired) electrons. The van der Waals surface area contributed by atoms with Crippen molar-refractivity contribution < 1.29 is 18.4 Å². The van der Waals surface area contributed by atoms with Gasteiger partial charge in [-0.3, -0.25) is 9.59 Å². The molecule has 0 aromatic heterocycles. The molecule has 4 rings (SSSR count). The molecule has 2 N–H and O–H groups in total. The number of benzene rings is 3. The van der Waals surface area contributed by atoms with Crippen LogP contribution in [0, 0.1) is 11.6 Å². The number of amides is 1. The van der Waals surface area contributed by atoms with E-state index in [4.69, 9.17) is 4.99 Å². The van der Waals surface area contributed by atoms with Gasteiger partial charge in [0.15, 0.2) is 11.0 Å². The lowest BCUT2D eigenvalue weighted by Gasteiger charge is -2.26. The minimum absolute atomic E-state index is 0.102. The van der Waals surface area contributed by atoms with Crippen LogP contribution < -0.4 is 10.6 Å². The highest BCUT2D eigenvalue weighted by atomic mass is 32.2. The van der Waals surface area contributed by atoms with Crippen molar-refractivity contribution in [2.24, 2.45) is 4.99 Å². The van der Waals surface area contributed by atoms with E-state index in [0.717, 1.165) is 29.5 Å². The predicted molar refractivity (Wildman–Crippen MR) is 131 cm³/mol. The Labute approximate surface area is 200 Å². The number of rotatable bonds is 6. The first-order chi connectivity index (χ1) is 16.4. The first-order valence-electron chi connectivity index (χ1n) is 10.5. The summed E-state index contributed by atoms with van der Waals surface area (Å²) < 4.78 is 27.1. The molecule has 0 saturated carbocycles. The maximum absolute atomic E-state index is 14.0. The Balaban J connectivity index is 1.56. The molecule has 1 atom stereocenters. The lowest BCUT2D eigenvalue weighted by Crippen LogP contribution is -2.32. The fourth-order valence-corrected chi connectivity index (χ4v) is 4.37. The molecule has 172 valence electrons. The minimum Gasteiger partial charge on any atom is -0.338 e. The van der Waals surface area contributed by atoms with E-state index in [2.05, 4.69) is 10.6 Å². The molecule has 0 fully saturated rings. The van der Waals surface area contributed by atoms with E-state index in [0.29, 0.717) is 28.2 Å². The van der Waals surface area contributed by atoms with Gasteiger partial charge in [-0.1, -0.05) is 60.3 Å². The van der Waals surface area contributed by atoms with Crippen molar-refractivity contribution >= 4 is 34.3 Å². The molecule has 0 spiro atoms. The summed E-state index contributed by atoms with van der Waals surface area (Å²) in [6.45, 7) is 1.77. The summed E-state index contributed by atoms with van der Waals surface area (Å²) in [6.07, 6.45) is 0. The molecule has 0 saturated heterocycles. The van der Waals surface area contributed by atoms with Crippen LogP contribution in [0.4, 0.5) is 14.5 Å². The zero-order chi connectivity index (χ0) is 24.1. The van der Waals surface area contributed by atoms with Gasteiger partial charge in [-0.2, -0.15) is 0 Å². The van der Waals surface area contributed by atoms with Gasteiger partial charge in [-0.05, 0) is 36.8 Å². The number of amidine groups is 1. The number of anilines is 1. The van der Waals surface area contributed by atoms with Gasteiger partial charge in [0.2, 0.25) is 0 Å². The summed E-state index contributed by atoms with van der Waals surface area (Å²) in [4.78, 5) is 30.4. The van der Waals surface area contributed by atoms with Crippen molar-refractivity contribution in [2.75, 3.05) is 11.1 Å². The molecule has 1 unspecified atom stereocenters. The lowest BCUT2D eigenvalue weighted by atomic mass is 9.96. The van der Waals surface area contributed by atoms with E-state index in [1.165, 1.54) is 0 Å². The number of nitrogens with one attached hydrogen (secondary N) is 2. The van der Waals surface area contributed by atoms with Gasteiger partial charge < -0.3 is 10.6 Å². The molecule has 5 nitrogen and oxygen atoms in total. The number of halogens is 2. The minimum atomic E-state index is -0.901. The molecule has 8 heteroatoms. The molecule has 0 aliphatic carbocycles. The number of para-hydroxylation sites is 1. The highest BCUT2D eigenvalue weighted by Crippen LogP contribution is 2.33. The number of hydrogen-bond donors (Lipinski definition) is 2. The van der Waals surface area contributed by atoms with Crippen LogP contribution >= 0.6 is 11.8 Å². The van der Waals surface area contributed by atoms with Gasteiger partial charge >= 0.3 is 0 Å². The van der Waals surface area contributed by atoms with Crippen molar-refractivity contribution in [3.63, 3.8) is 0 Å². The van der Waals surface area contributed by atoms with Crippen LogP contribution in [0.5, 0.6) is 0 Å². The summed E-state index contributed by atoms with van der Waals surface area (Å²) in [6, 6.07) is 20.8. The average Bonchev–Trinajstić information content (AvgIpc) is 2.83. The second-order valence-corrected chi connectivity index (χ2v) is 8.53. The zero-order valence-corrected chi connectivity index (χ0v) is 19.0. The van der Waals surface area contributed by atoms with Crippen LogP contribution in [-0.4, -0.2) is 22.6 Å². The number of thioether (sulfide) groups is 1. The Bertz CT molecular complexity index is 1280. The van der Waals surface area contributed by atoms with Crippen LogP contribution in [0.15, 0.2) is 95.1 Å². The Hall–Kier alpha value is -3.78. The first-order valence-corrected chi connectivity index (χ1v) is 11.5. The zero-order valence-electron chi connectivity index (χ0n) is 18.2. The maximum Gasteiger partial charge on any atom is 0.255 e. The maximum atomic E-state index is 14.0. The fourth-order valence-electron chi connectivity index (χ4n) is 3.54. The Kier molecular flexibility index (Phi) is 7.18. The van der Waals surface area contributed by atoms with Crippen LogP contribution in [-0.2, 0) is 4.79 Å². The number of carbonyl (C=O) groups is 2. The van der Waals surface area contributed by atoms with Crippen LogP contribution in [0.25, 0.3) is 0 Å². The van der Waals surface area contributed by atoms with Crippen molar-refractivity contribution in [1.82, 2.24) is 5.32 Å². The second kappa shape index (κ2) is 10.4. The lowest BCUT2D eigenvalue weighted by molar-refractivity contribution is -0.113. The largest absolute Gasteiger partial charge is 0.338 e. The molecule has 1 aliphatic rings. The van der Waals surface area contributed by atoms with E-state index in [-0.39, 0.29) is 17.2 Å². The van der Waals surface area contributed by atoms with Gasteiger partial charge in [0.1, 0.15) is 17.7 Å². The molecule has 3 aromatic carbocycles. The third kappa shape index (κ3) is 5.40. The third-order valence-corrected chi connectivity index (χ3v) is 6.07. The molecule has 0 bridgehead atoms. The van der Waals surface area contributed by atoms with E-state index in [1.54, 1.807) is 19.1 Å². The molecular weight excluding hydrogens is 456 g/mol. The third-order valence-electron chi connectivity index (χ3n) is 5.18. The molecular formula is C26H21F2N3O2S. The summed E-state index contributed by atoms with van der Waals surface area (Å²) in [5, 5.41) is 6.42. The van der Waals surface area contributed by atoms with Crippen molar-refractivity contribution in [2.45, 2.75) is 13.0 Å². The fraction of sp³-hybridized carbons (Fsp3) is 0.115. The standard InChI is InChI=1S/C26H21F2N3O2S/c1-16-23(25(33)30-19-10-6-3-7-11-19)24(17-8-4-2-5-9-17)31-26(29-16)34-15-22(32)20-13-12-18(27)14-21(20)28/h2-14,24H,15H2,1H3,(H,29,31)(H,30,33). The number of aliphatic imine (C=N–C) groups is 1. The molecule has 1 amide bonds. The summed E-state index contributed by atoms with van der Waals surface area (Å²) >= 11 is 1.10. The van der Waals surface area contributed by atoms with Crippen molar-refractivity contribution in [1.29, 1.82) is 0 Å². The number of carbonyl (C=O) groups excluding carboxylic acids is 2. The highest BCUT2D eigenvalue weighted by Gasteiger charge is 2.29. The van der Waals surface area contributed by atoms with Gasteiger partial charge in [0.05, 0.1) is 16.9 Å². The van der Waals surface area contributed by atoms with E-state index < -0.39 is 23.5 Å². The van der Waals surface area contributed by atoms with Gasteiger partial charge in [0, 0.05) is 17.5 Å². The Morgan fingerprint density at radius 2 is 1.68 bits per heavy atom. The monoisotopic (exact) mass is 477 g/mol. The topological polar surface area (TPSA) is 70.6 Å². The number of ketones is 1. The molecule has 34 heavy (non-hydrogen) atoms. The number of Topliss-reactive ketones (excluding diaryl/α,β-unsaturated/α-hetero) is 1. The first kappa shape index (κ1) is 23.4.